The van der Waals surface area contributed by atoms with Crippen LogP contribution in [0.2, 0.25) is 0 Å². The molecule has 0 unspecified atom stereocenters. The zero-order chi connectivity index (χ0) is 15.3. The quantitative estimate of drug-likeness (QED) is 0.860. The summed E-state index contributed by atoms with van der Waals surface area (Å²) < 4.78 is 5.30. The van der Waals surface area contributed by atoms with Crippen LogP contribution in [-0.4, -0.2) is 60.2 Å². The van der Waals surface area contributed by atoms with Crippen molar-refractivity contribution < 1.29 is 14.3 Å². The van der Waals surface area contributed by atoms with Gasteiger partial charge in [-0.2, -0.15) is 0 Å². The summed E-state index contributed by atoms with van der Waals surface area (Å²) in [6.07, 6.45) is 1.46. The third-order valence-corrected chi connectivity index (χ3v) is 3.32. The zero-order valence-electron chi connectivity index (χ0n) is 13.2. The lowest BCUT2D eigenvalue weighted by molar-refractivity contribution is 0.0230. The van der Waals surface area contributed by atoms with Gasteiger partial charge in [0.25, 0.3) is 0 Å². The van der Waals surface area contributed by atoms with Crippen LogP contribution in [0.4, 0.5) is 9.59 Å². The number of likely N-dealkylation sites (tertiary alicyclic amines) is 1. The molecule has 0 aromatic carbocycles. The van der Waals surface area contributed by atoms with Crippen LogP contribution in [0.25, 0.3) is 0 Å². The standard InChI is InChI=1S/C14H27N3O3/c1-11(16(5)13(19)20-14(2,3)4)7-8-15-12(18)17-9-6-10-17/h11H,6-10H2,1-5H3,(H,15,18)/t11-/m0/s1. The second kappa shape index (κ2) is 6.81. The van der Waals surface area contributed by atoms with Crippen molar-refractivity contribution in [3.63, 3.8) is 0 Å². The highest BCUT2D eigenvalue weighted by molar-refractivity contribution is 5.74. The molecule has 0 spiro atoms. The van der Waals surface area contributed by atoms with E-state index in [1.54, 1.807) is 16.8 Å². The topological polar surface area (TPSA) is 61.9 Å². The number of rotatable bonds is 4. The van der Waals surface area contributed by atoms with Crippen LogP contribution >= 0.6 is 0 Å². The Kier molecular flexibility index (Phi) is 5.65. The molecule has 1 fully saturated rings. The predicted molar refractivity (Wildman–Crippen MR) is 77.7 cm³/mol. The Balaban J connectivity index is 2.25. The smallest absolute Gasteiger partial charge is 0.410 e. The number of carbonyl (C=O) groups is 2. The molecule has 6 heteroatoms. The maximum atomic E-state index is 11.9. The van der Waals surface area contributed by atoms with E-state index in [0.717, 1.165) is 19.5 Å². The average Bonchev–Trinajstić information content (AvgIpc) is 2.22. The van der Waals surface area contributed by atoms with Crippen LogP contribution in [0.1, 0.15) is 40.5 Å². The summed E-state index contributed by atoms with van der Waals surface area (Å²) >= 11 is 0. The molecule has 1 heterocycles. The minimum Gasteiger partial charge on any atom is -0.444 e. The van der Waals surface area contributed by atoms with Crippen molar-refractivity contribution in [2.24, 2.45) is 0 Å². The van der Waals surface area contributed by atoms with Gasteiger partial charge in [0.2, 0.25) is 0 Å². The van der Waals surface area contributed by atoms with Gasteiger partial charge in [-0.15, -0.1) is 0 Å². The van der Waals surface area contributed by atoms with Crippen molar-refractivity contribution in [1.82, 2.24) is 15.1 Å². The monoisotopic (exact) mass is 285 g/mol. The minimum atomic E-state index is -0.489. The molecule has 1 atom stereocenters. The van der Waals surface area contributed by atoms with E-state index >= 15 is 0 Å². The van der Waals surface area contributed by atoms with E-state index < -0.39 is 5.60 Å². The van der Waals surface area contributed by atoms with Gasteiger partial charge in [-0.05, 0) is 40.5 Å². The number of nitrogens with one attached hydrogen (secondary N) is 1. The molecule has 1 N–H and O–H groups in total. The largest absolute Gasteiger partial charge is 0.444 e. The average molecular weight is 285 g/mol. The fourth-order valence-electron chi connectivity index (χ4n) is 1.73. The lowest BCUT2D eigenvalue weighted by atomic mass is 10.2. The van der Waals surface area contributed by atoms with Gasteiger partial charge < -0.3 is 19.9 Å². The fourth-order valence-corrected chi connectivity index (χ4v) is 1.73. The number of urea groups is 1. The third-order valence-electron chi connectivity index (χ3n) is 3.32. The molecule has 6 nitrogen and oxygen atoms in total. The number of hydrogen-bond acceptors (Lipinski definition) is 3. The van der Waals surface area contributed by atoms with E-state index in [-0.39, 0.29) is 18.2 Å². The molecule has 1 aliphatic rings. The lowest BCUT2D eigenvalue weighted by Gasteiger charge is -2.31. The Morgan fingerprint density at radius 2 is 1.95 bits per heavy atom. The van der Waals surface area contributed by atoms with E-state index in [4.69, 9.17) is 4.74 Å². The Hall–Kier alpha value is -1.46. The molecule has 1 aliphatic heterocycles. The van der Waals surface area contributed by atoms with Crippen molar-refractivity contribution >= 4 is 12.1 Å². The molecular weight excluding hydrogens is 258 g/mol. The van der Waals surface area contributed by atoms with Gasteiger partial charge >= 0.3 is 12.1 Å². The Morgan fingerprint density at radius 1 is 1.35 bits per heavy atom. The van der Waals surface area contributed by atoms with Crippen molar-refractivity contribution in [2.45, 2.75) is 52.2 Å². The zero-order valence-corrected chi connectivity index (χ0v) is 13.2. The summed E-state index contributed by atoms with van der Waals surface area (Å²) in [5.74, 6) is 0. The summed E-state index contributed by atoms with van der Waals surface area (Å²) in [5, 5.41) is 2.87. The van der Waals surface area contributed by atoms with Crippen molar-refractivity contribution in [2.75, 3.05) is 26.7 Å². The van der Waals surface area contributed by atoms with Gasteiger partial charge in [0.05, 0.1) is 0 Å². The van der Waals surface area contributed by atoms with Gasteiger partial charge in [0.15, 0.2) is 0 Å². The molecule has 1 saturated heterocycles. The number of hydrogen-bond donors (Lipinski definition) is 1. The second-order valence-electron chi connectivity index (χ2n) is 6.30. The van der Waals surface area contributed by atoms with Gasteiger partial charge in [0, 0.05) is 32.7 Å². The number of carbonyl (C=O) groups excluding carboxylic acids is 2. The molecule has 0 aromatic heterocycles. The summed E-state index contributed by atoms with van der Waals surface area (Å²) in [6, 6.07) is 0.00455. The second-order valence-corrected chi connectivity index (χ2v) is 6.30. The maximum Gasteiger partial charge on any atom is 0.410 e. The summed E-state index contributed by atoms with van der Waals surface area (Å²) in [4.78, 5) is 26.8. The number of ether oxygens (including phenoxy) is 1. The van der Waals surface area contributed by atoms with E-state index in [1.807, 2.05) is 27.7 Å². The van der Waals surface area contributed by atoms with Gasteiger partial charge in [-0.3, -0.25) is 0 Å². The first-order chi connectivity index (χ1) is 9.20. The van der Waals surface area contributed by atoms with Crippen molar-refractivity contribution in [1.29, 1.82) is 0 Å². The molecule has 0 aliphatic carbocycles. The molecule has 0 aromatic rings. The van der Waals surface area contributed by atoms with Crippen LogP contribution in [0, 0.1) is 0 Å². The summed E-state index contributed by atoms with van der Waals surface area (Å²) in [7, 11) is 1.72. The van der Waals surface area contributed by atoms with Crippen LogP contribution in [-0.2, 0) is 4.74 Å². The Bertz CT molecular complexity index is 348. The molecule has 0 saturated carbocycles. The van der Waals surface area contributed by atoms with E-state index in [9.17, 15) is 9.59 Å². The molecule has 116 valence electrons. The summed E-state index contributed by atoms with van der Waals surface area (Å²) in [5.41, 5.74) is -0.489. The number of nitrogens with zero attached hydrogens (tertiary/aromatic N) is 2. The van der Waals surface area contributed by atoms with Crippen LogP contribution in [0.5, 0.6) is 0 Å². The molecule has 20 heavy (non-hydrogen) atoms. The van der Waals surface area contributed by atoms with Crippen molar-refractivity contribution in [3.8, 4) is 0 Å². The minimum absolute atomic E-state index is 0.0108. The SMILES string of the molecule is C[C@@H](CCNC(=O)N1CCC1)N(C)C(=O)OC(C)(C)C. The maximum absolute atomic E-state index is 11.9. The highest BCUT2D eigenvalue weighted by Gasteiger charge is 2.23. The molecular formula is C14H27N3O3. The van der Waals surface area contributed by atoms with Crippen LogP contribution in [0.3, 0.4) is 0 Å². The molecule has 0 radical (unpaired) electrons. The third kappa shape index (κ3) is 5.27. The van der Waals surface area contributed by atoms with Crippen LogP contribution in [0.15, 0.2) is 0 Å². The van der Waals surface area contributed by atoms with Crippen molar-refractivity contribution in [3.05, 3.63) is 0 Å². The van der Waals surface area contributed by atoms with Gasteiger partial charge in [-0.25, -0.2) is 9.59 Å². The van der Waals surface area contributed by atoms with Crippen LogP contribution < -0.4 is 5.32 Å². The molecule has 0 bridgehead atoms. The van der Waals surface area contributed by atoms with E-state index in [1.165, 1.54) is 0 Å². The highest BCUT2D eigenvalue weighted by atomic mass is 16.6. The molecule has 3 amide bonds. The van der Waals surface area contributed by atoms with E-state index in [2.05, 4.69) is 5.32 Å². The van der Waals surface area contributed by atoms with Gasteiger partial charge in [0.1, 0.15) is 5.60 Å². The molecule has 1 rings (SSSR count). The first kappa shape index (κ1) is 16.6. The first-order valence-electron chi connectivity index (χ1n) is 7.19. The number of amides is 3. The van der Waals surface area contributed by atoms with E-state index in [0.29, 0.717) is 13.0 Å². The first-order valence-corrected chi connectivity index (χ1v) is 7.19. The Labute approximate surface area is 121 Å². The van der Waals surface area contributed by atoms with Gasteiger partial charge in [-0.1, -0.05) is 0 Å². The fraction of sp³-hybridized carbons (Fsp3) is 0.857. The summed E-state index contributed by atoms with van der Waals surface area (Å²) in [6.45, 7) is 9.73. The normalized spacial score (nSPS) is 16.1. The lowest BCUT2D eigenvalue weighted by Crippen LogP contribution is -2.48. The Morgan fingerprint density at radius 3 is 2.40 bits per heavy atom. The predicted octanol–water partition coefficient (Wildman–Crippen LogP) is 2.05. The highest BCUT2D eigenvalue weighted by Crippen LogP contribution is 2.12.